The lowest BCUT2D eigenvalue weighted by atomic mass is 10.3. The standard InChI is InChI=1S/C20H32N6O3.HI/c1-2-22-20(23-6-13-29-18-4-3-5-21-16-18)26-9-7-24(8-10-26)17-19(27)25-11-14-28-15-12-25;/h3-5,16H,2,6-15,17H2,1H3,(H,22,23);1H. The predicted octanol–water partition coefficient (Wildman–Crippen LogP) is 0.520. The number of nitrogens with zero attached hydrogens (tertiary/aromatic N) is 5. The molecule has 3 heterocycles. The van der Waals surface area contributed by atoms with Crippen LogP contribution in [0.2, 0.25) is 0 Å². The van der Waals surface area contributed by atoms with Crippen molar-refractivity contribution in [3.05, 3.63) is 24.5 Å². The highest BCUT2D eigenvalue weighted by atomic mass is 127. The highest BCUT2D eigenvalue weighted by Crippen LogP contribution is 2.07. The molecule has 9 nitrogen and oxygen atoms in total. The number of amides is 1. The van der Waals surface area contributed by atoms with Crippen LogP contribution in [-0.2, 0) is 9.53 Å². The summed E-state index contributed by atoms with van der Waals surface area (Å²) < 4.78 is 11.0. The summed E-state index contributed by atoms with van der Waals surface area (Å²) in [5.74, 6) is 1.86. The van der Waals surface area contributed by atoms with E-state index in [4.69, 9.17) is 14.5 Å². The van der Waals surface area contributed by atoms with Crippen molar-refractivity contribution in [1.82, 2.24) is 25.0 Å². The van der Waals surface area contributed by atoms with Crippen LogP contribution in [0.5, 0.6) is 5.75 Å². The van der Waals surface area contributed by atoms with E-state index < -0.39 is 0 Å². The Morgan fingerprint density at radius 2 is 1.97 bits per heavy atom. The van der Waals surface area contributed by atoms with Crippen LogP contribution < -0.4 is 10.1 Å². The topological polar surface area (TPSA) is 82.5 Å². The minimum Gasteiger partial charge on any atom is -0.490 e. The quantitative estimate of drug-likeness (QED) is 0.237. The number of guanidine groups is 1. The molecule has 2 fully saturated rings. The van der Waals surface area contributed by atoms with E-state index in [2.05, 4.69) is 27.0 Å². The van der Waals surface area contributed by atoms with Gasteiger partial charge in [0.15, 0.2) is 5.96 Å². The summed E-state index contributed by atoms with van der Waals surface area (Å²) in [6.07, 6.45) is 3.43. The third kappa shape index (κ3) is 7.88. The number of carbonyl (C=O) groups excluding carboxylic acids is 1. The Balaban J connectivity index is 0.00000320. The Hall–Kier alpha value is -1.66. The molecule has 2 aliphatic heterocycles. The normalized spacial score (nSPS) is 18.0. The molecular weight excluding hydrogens is 499 g/mol. The average molecular weight is 532 g/mol. The fourth-order valence-electron chi connectivity index (χ4n) is 3.40. The Bertz CT molecular complexity index is 649. The smallest absolute Gasteiger partial charge is 0.236 e. The van der Waals surface area contributed by atoms with Crippen molar-refractivity contribution in [1.29, 1.82) is 0 Å². The maximum absolute atomic E-state index is 12.4. The first-order chi connectivity index (χ1) is 14.3. The molecule has 30 heavy (non-hydrogen) atoms. The van der Waals surface area contributed by atoms with Crippen LogP contribution in [0, 0.1) is 0 Å². The van der Waals surface area contributed by atoms with Crippen molar-refractivity contribution in [3.8, 4) is 5.75 Å². The van der Waals surface area contributed by atoms with E-state index in [1.54, 1.807) is 12.4 Å². The summed E-state index contributed by atoms with van der Waals surface area (Å²) in [4.78, 5) is 27.6. The Labute approximate surface area is 195 Å². The Kier molecular flexibility index (Phi) is 11.2. The lowest BCUT2D eigenvalue weighted by Crippen LogP contribution is -2.55. The van der Waals surface area contributed by atoms with E-state index in [0.29, 0.717) is 46.0 Å². The molecule has 0 radical (unpaired) electrons. The third-order valence-corrected chi connectivity index (χ3v) is 4.99. The molecular formula is C20H33IN6O3. The third-order valence-electron chi connectivity index (χ3n) is 4.99. The minimum atomic E-state index is 0. The maximum atomic E-state index is 12.4. The Morgan fingerprint density at radius 1 is 1.20 bits per heavy atom. The fraction of sp³-hybridized carbons (Fsp3) is 0.650. The second kappa shape index (κ2) is 13.6. The number of morpholine rings is 1. The van der Waals surface area contributed by atoms with Crippen LogP contribution in [0.15, 0.2) is 29.5 Å². The van der Waals surface area contributed by atoms with E-state index in [-0.39, 0.29) is 29.9 Å². The van der Waals surface area contributed by atoms with Gasteiger partial charge in [-0.25, -0.2) is 4.99 Å². The van der Waals surface area contributed by atoms with Gasteiger partial charge in [-0.2, -0.15) is 0 Å². The molecule has 1 aromatic rings. The number of halogens is 1. The molecule has 0 spiro atoms. The molecule has 0 atom stereocenters. The zero-order valence-corrected chi connectivity index (χ0v) is 20.0. The van der Waals surface area contributed by atoms with Crippen LogP contribution in [0.1, 0.15) is 6.92 Å². The summed E-state index contributed by atoms with van der Waals surface area (Å²) in [7, 11) is 0. The van der Waals surface area contributed by atoms with Gasteiger partial charge in [-0.05, 0) is 19.1 Å². The van der Waals surface area contributed by atoms with Crippen molar-refractivity contribution in [2.24, 2.45) is 4.99 Å². The zero-order chi connectivity index (χ0) is 20.3. The van der Waals surface area contributed by atoms with E-state index in [9.17, 15) is 4.79 Å². The molecule has 0 saturated carbocycles. The van der Waals surface area contributed by atoms with Gasteiger partial charge in [0, 0.05) is 52.0 Å². The fourth-order valence-corrected chi connectivity index (χ4v) is 3.40. The molecule has 0 bridgehead atoms. The minimum absolute atomic E-state index is 0. The van der Waals surface area contributed by atoms with Gasteiger partial charge in [0.25, 0.3) is 0 Å². The highest BCUT2D eigenvalue weighted by Gasteiger charge is 2.24. The maximum Gasteiger partial charge on any atom is 0.236 e. The van der Waals surface area contributed by atoms with E-state index >= 15 is 0 Å². The molecule has 0 unspecified atom stereocenters. The second-order valence-corrected chi connectivity index (χ2v) is 7.03. The molecule has 1 N–H and O–H groups in total. The number of piperazine rings is 1. The largest absolute Gasteiger partial charge is 0.490 e. The molecule has 3 rings (SSSR count). The number of hydrogen-bond donors (Lipinski definition) is 1. The molecule has 10 heteroatoms. The van der Waals surface area contributed by atoms with Crippen LogP contribution in [0.3, 0.4) is 0 Å². The van der Waals surface area contributed by atoms with E-state index in [1.807, 2.05) is 17.0 Å². The predicted molar refractivity (Wildman–Crippen MR) is 127 cm³/mol. The molecule has 2 aliphatic rings. The van der Waals surface area contributed by atoms with Gasteiger partial charge in [-0.3, -0.25) is 14.7 Å². The molecule has 0 aliphatic carbocycles. The molecule has 168 valence electrons. The number of nitrogens with one attached hydrogen (secondary N) is 1. The number of aliphatic imine (C=N–C) groups is 1. The van der Waals surface area contributed by atoms with Gasteiger partial charge in [-0.15, -0.1) is 24.0 Å². The number of ether oxygens (including phenoxy) is 2. The first-order valence-corrected chi connectivity index (χ1v) is 10.4. The van der Waals surface area contributed by atoms with Gasteiger partial charge >= 0.3 is 0 Å². The number of rotatable bonds is 7. The van der Waals surface area contributed by atoms with Crippen molar-refractivity contribution < 1.29 is 14.3 Å². The van der Waals surface area contributed by atoms with E-state index in [1.165, 1.54) is 0 Å². The number of aromatic nitrogens is 1. The number of hydrogen-bond acceptors (Lipinski definition) is 6. The number of pyridine rings is 1. The second-order valence-electron chi connectivity index (χ2n) is 7.03. The lowest BCUT2D eigenvalue weighted by Gasteiger charge is -2.37. The monoisotopic (exact) mass is 532 g/mol. The number of carbonyl (C=O) groups is 1. The van der Waals surface area contributed by atoms with Crippen LogP contribution in [0.25, 0.3) is 0 Å². The molecule has 1 amide bonds. The van der Waals surface area contributed by atoms with E-state index in [0.717, 1.165) is 44.4 Å². The SMILES string of the molecule is CCNC(=NCCOc1cccnc1)N1CCN(CC(=O)N2CCOCC2)CC1.I. The zero-order valence-electron chi connectivity index (χ0n) is 17.7. The van der Waals surface area contributed by atoms with Gasteiger partial charge < -0.3 is 24.6 Å². The molecule has 0 aromatic carbocycles. The van der Waals surface area contributed by atoms with Crippen molar-refractivity contribution in [2.45, 2.75) is 6.92 Å². The summed E-state index contributed by atoms with van der Waals surface area (Å²) in [5.41, 5.74) is 0. The lowest BCUT2D eigenvalue weighted by molar-refractivity contribution is -0.136. The van der Waals surface area contributed by atoms with Crippen molar-refractivity contribution in [3.63, 3.8) is 0 Å². The first kappa shape index (κ1) is 24.6. The first-order valence-electron chi connectivity index (χ1n) is 10.4. The Morgan fingerprint density at radius 3 is 2.63 bits per heavy atom. The van der Waals surface area contributed by atoms with Crippen LogP contribution >= 0.6 is 24.0 Å². The summed E-state index contributed by atoms with van der Waals surface area (Å²) in [6.45, 7) is 10.6. The molecule has 1 aromatic heterocycles. The van der Waals surface area contributed by atoms with Crippen LogP contribution in [0.4, 0.5) is 0 Å². The van der Waals surface area contributed by atoms with Gasteiger partial charge in [0.1, 0.15) is 12.4 Å². The summed E-state index contributed by atoms with van der Waals surface area (Å²) >= 11 is 0. The van der Waals surface area contributed by atoms with Crippen LogP contribution in [-0.4, -0.2) is 110 Å². The molecule has 2 saturated heterocycles. The average Bonchev–Trinajstić information content (AvgIpc) is 2.78. The summed E-state index contributed by atoms with van der Waals surface area (Å²) in [6, 6.07) is 3.74. The summed E-state index contributed by atoms with van der Waals surface area (Å²) in [5, 5.41) is 3.36. The van der Waals surface area contributed by atoms with Gasteiger partial charge in [0.05, 0.1) is 32.5 Å². The van der Waals surface area contributed by atoms with Gasteiger partial charge in [0.2, 0.25) is 5.91 Å². The van der Waals surface area contributed by atoms with Crippen molar-refractivity contribution >= 4 is 35.8 Å². The highest BCUT2D eigenvalue weighted by molar-refractivity contribution is 14.0. The van der Waals surface area contributed by atoms with Gasteiger partial charge in [-0.1, -0.05) is 0 Å². The van der Waals surface area contributed by atoms with Crippen molar-refractivity contribution in [2.75, 3.05) is 78.7 Å².